The lowest BCUT2D eigenvalue weighted by molar-refractivity contribution is 0.159. The van der Waals surface area contributed by atoms with E-state index in [1.165, 1.54) is 52.1 Å². The molecule has 2 aliphatic rings. The summed E-state index contributed by atoms with van der Waals surface area (Å²) in [6.07, 6.45) is 5.15. The Balaban J connectivity index is 1.47. The van der Waals surface area contributed by atoms with E-state index in [0.717, 1.165) is 6.54 Å². The van der Waals surface area contributed by atoms with Crippen molar-refractivity contribution in [3.63, 3.8) is 0 Å². The fourth-order valence-corrected chi connectivity index (χ4v) is 6.45. The number of benzene rings is 1. The molecule has 4 heterocycles. The van der Waals surface area contributed by atoms with Crippen molar-refractivity contribution in [1.29, 1.82) is 0 Å². The van der Waals surface area contributed by atoms with Gasteiger partial charge in [-0.05, 0) is 78.3 Å². The summed E-state index contributed by atoms with van der Waals surface area (Å²) in [5.41, 5.74) is 5.96. The van der Waals surface area contributed by atoms with E-state index in [1.54, 1.807) is 16.9 Å². The van der Waals surface area contributed by atoms with Gasteiger partial charge in [0.25, 0.3) is 0 Å². The van der Waals surface area contributed by atoms with Crippen LogP contribution in [0, 0.1) is 6.92 Å². The van der Waals surface area contributed by atoms with Gasteiger partial charge in [0.15, 0.2) is 0 Å². The molecule has 5 rings (SSSR count). The lowest BCUT2D eigenvalue weighted by Crippen LogP contribution is -2.39. The van der Waals surface area contributed by atoms with Gasteiger partial charge < -0.3 is 0 Å². The Bertz CT molecular complexity index is 920. The molecule has 27 heavy (non-hydrogen) atoms. The van der Waals surface area contributed by atoms with Gasteiger partial charge in [0.2, 0.25) is 0 Å². The van der Waals surface area contributed by atoms with E-state index >= 15 is 0 Å². The number of thiophene rings is 2. The van der Waals surface area contributed by atoms with Crippen LogP contribution in [0.5, 0.6) is 0 Å². The number of fused-ring (bicyclic) bond motifs is 2. The van der Waals surface area contributed by atoms with Crippen molar-refractivity contribution in [2.24, 2.45) is 0 Å². The van der Waals surface area contributed by atoms with Crippen LogP contribution in [0.4, 0.5) is 0 Å². The molecule has 2 saturated heterocycles. The molecule has 1 aromatic carbocycles. The average molecular weight is 392 g/mol. The van der Waals surface area contributed by atoms with Crippen molar-refractivity contribution in [3.05, 3.63) is 85.7 Å². The van der Waals surface area contributed by atoms with E-state index < -0.39 is 0 Å². The monoisotopic (exact) mass is 391 g/mol. The van der Waals surface area contributed by atoms with Gasteiger partial charge in [0, 0.05) is 28.4 Å². The summed E-state index contributed by atoms with van der Waals surface area (Å²) in [6, 6.07) is 19.3. The molecule has 0 radical (unpaired) electrons. The van der Waals surface area contributed by atoms with Crippen LogP contribution < -0.4 is 0 Å². The first-order valence-electron chi connectivity index (χ1n) is 9.89. The largest absolute Gasteiger partial charge is 0.292 e. The van der Waals surface area contributed by atoms with Gasteiger partial charge in [-0.1, -0.05) is 35.9 Å². The molecule has 2 bridgehead atoms. The van der Waals surface area contributed by atoms with E-state index in [9.17, 15) is 0 Å². The summed E-state index contributed by atoms with van der Waals surface area (Å²) in [7, 11) is 0. The topological polar surface area (TPSA) is 3.24 Å². The molecule has 2 atom stereocenters. The maximum Gasteiger partial charge on any atom is 0.0334 e. The molecule has 3 aromatic rings. The normalized spacial score (nSPS) is 22.3. The summed E-state index contributed by atoms with van der Waals surface area (Å²) < 4.78 is 0. The molecule has 0 aliphatic carbocycles. The SMILES string of the molecule is Cc1ccc(CN2C3CCC2CC(=C(c2ccccc2)c2ccsc2)C3)s1. The zero-order valence-electron chi connectivity index (χ0n) is 15.7. The summed E-state index contributed by atoms with van der Waals surface area (Å²) in [6.45, 7) is 3.35. The minimum Gasteiger partial charge on any atom is -0.292 e. The maximum absolute atomic E-state index is 2.80. The van der Waals surface area contributed by atoms with E-state index in [1.807, 2.05) is 11.3 Å². The van der Waals surface area contributed by atoms with Gasteiger partial charge in [-0.2, -0.15) is 11.3 Å². The zero-order valence-corrected chi connectivity index (χ0v) is 17.4. The Morgan fingerprint density at radius 2 is 1.74 bits per heavy atom. The first-order valence-corrected chi connectivity index (χ1v) is 11.6. The van der Waals surface area contributed by atoms with Crippen LogP contribution in [0.25, 0.3) is 5.57 Å². The molecule has 0 N–H and O–H groups in total. The van der Waals surface area contributed by atoms with Gasteiger partial charge in [-0.15, -0.1) is 11.3 Å². The van der Waals surface area contributed by atoms with Crippen molar-refractivity contribution in [3.8, 4) is 0 Å². The first kappa shape index (κ1) is 17.4. The molecule has 2 aliphatic heterocycles. The van der Waals surface area contributed by atoms with E-state index in [4.69, 9.17) is 0 Å². The zero-order chi connectivity index (χ0) is 18.2. The van der Waals surface area contributed by atoms with Crippen LogP contribution in [0.15, 0.2) is 64.9 Å². The Morgan fingerprint density at radius 1 is 0.963 bits per heavy atom. The van der Waals surface area contributed by atoms with E-state index in [-0.39, 0.29) is 0 Å². The molecular formula is C24H25NS2. The van der Waals surface area contributed by atoms with Crippen LogP contribution >= 0.6 is 22.7 Å². The predicted octanol–water partition coefficient (Wildman–Crippen LogP) is 6.75. The smallest absolute Gasteiger partial charge is 0.0334 e. The molecule has 1 nitrogen and oxygen atoms in total. The summed E-state index contributed by atoms with van der Waals surface area (Å²) in [5, 5.41) is 4.53. The maximum atomic E-state index is 2.80. The molecular weight excluding hydrogens is 366 g/mol. The van der Waals surface area contributed by atoms with Crippen LogP contribution in [-0.4, -0.2) is 17.0 Å². The molecule has 2 aromatic heterocycles. The lowest BCUT2D eigenvalue weighted by Gasteiger charge is -2.37. The van der Waals surface area contributed by atoms with Gasteiger partial charge in [0.1, 0.15) is 0 Å². The van der Waals surface area contributed by atoms with E-state index in [0.29, 0.717) is 12.1 Å². The molecule has 3 heteroatoms. The highest BCUT2D eigenvalue weighted by Crippen LogP contribution is 2.44. The van der Waals surface area contributed by atoms with Crippen molar-refractivity contribution in [2.45, 2.75) is 51.2 Å². The number of aryl methyl sites for hydroxylation is 1. The number of hydrogen-bond donors (Lipinski definition) is 0. The second-order valence-corrected chi connectivity index (χ2v) is 9.99. The van der Waals surface area contributed by atoms with Crippen molar-refractivity contribution < 1.29 is 0 Å². The third-order valence-electron chi connectivity index (χ3n) is 6.10. The van der Waals surface area contributed by atoms with Crippen molar-refractivity contribution in [2.75, 3.05) is 0 Å². The number of piperidine rings is 1. The van der Waals surface area contributed by atoms with Gasteiger partial charge in [0.05, 0.1) is 0 Å². The summed E-state index contributed by atoms with van der Waals surface area (Å²) in [4.78, 5) is 5.75. The fraction of sp³-hybridized carbons (Fsp3) is 0.333. The predicted molar refractivity (Wildman–Crippen MR) is 117 cm³/mol. The van der Waals surface area contributed by atoms with E-state index in [2.05, 4.69) is 71.1 Å². The second kappa shape index (κ2) is 7.38. The number of rotatable bonds is 4. The highest BCUT2D eigenvalue weighted by atomic mass is 32.1. The minimum absolute atomic E-state index is 0.707. The summed E-state index contributed by atoms with van der Waals surface area (Å²) in [5.74, 6) is 0. The Kier molecular flexibility index (Phi) is 4.76. The lowest BCUT2D eigenvalue weighted by atomic mass is 9.86. The highest BCUT2D eigenvalue weighted by Gasteiger charge is 2.39. The third kappa shape index (κ3) is 3.44. The quantitative estimate of drug-likeness (QED) is 0.475. The van der Waals surface area contributed by atoms with Crippen LogP contribution in [-0.2, 0) is 6.54 Å². The molecule has 2 unspecified atom stereocenters. The average Bonchev–Trinajstić information content (AvgIpc) is 3.39. The second-order valence-electron chi connectivity index (χ2n) is 7.83. The molecule has 0 amide bonds. The summed E-state index contributed by atoms with van der Waals surface area (Å²) >= 11 is 3.77. The highest BCUT2D eigenvalue weighted by molar-refractivity contribution is 7.11. The number of hydrogen-bond acceptors (Lipinski definition) is 3. The van der Waals surface area contributed by atoms with Crippen LogP contribution in [0.2, 0.25) is 0 Å². The molecule has 2 fully saturated rings. The van der Waals surface area contributed by atoms with Gasteiger partial charge in [-0.3, -0.25) is 4.90 Å². The minimum atomic E-state index is 0.707. The molecule has 0 spiro atoms. The van der Waals surface area contributed by atoms with Crippen LogP contribution in [0.3, 0.4) is 0 Å². The van der Waals surface area contributed by atoms with Crippen LogP contribution in [0.1, 0.15) is 46.6 Å². The van der Waals surface area contributed by atoms with Crippen molar-refractivity contribution in [1.82, 2.24) is 4.90 Å². The third-order valence-corrected chi connectivity index (χ3v) is 7.76. The fourth-order valence-electron chi connectivity index (χ4n) is 4.90. The number of nitrogens with zero attached hydrogens (tertiary/aromatic N) is 1. The van der Waals surface area contributed by atoms with Gasteiger partial charge >= 0.3 is 0 Å². The Labute approximate surface area is 170 Å². The Hall–Kier alpha value is -1.68. The molecule has 138 valence electrons. The first-order chi connectivity index (χ1) is 13.3. The molecule has 0 saturated carbocycles. The van der Waals surface area contributed by atoms with Gasteiger partial charge in [-0.25, -0.2) is 0 Å². The van der Waals surface area contributed by atoms with Crippen molar-refractivity contribution >= 4 is 28.2 Å². The Morgan fingerprint density at radius 3 is 2.37 bits per heavy atom. The standard InChI is InChI=1S/C24H25NS2/c1-17-7-10-23(27-17)15-25-21-8-9-22(25)14-20(13-21)24(19-11-12-26-16-19)18-5-3-2-4-6-18/h2-7,10-12,16,21-22H,8-9,13-15H2,1H3.